The molecule has 4 heteroatoms. The molecule has 0 N–H and O–H groups in total. The van der Waals surface area contributed by atoms with Crippen LogP contribution in [0.25, 0.3) is 0 Å². The molecular weight excluding hydrogens is 205 g/mol. The topological polar surface area (TPSA) is 9.23 Å². The van der Waals surface area contributed by atoms with Gasteiger partial charge in [0, 0.05) is 0 Å². The molecule has 0 saturated heterocycles. The number of halogens is 3. The van der Waals surface area contributed by atoms with Crippen LogP contribution in [0.2, 0.25) is 0 Å². The third-order valence-corrected chi connectivity index (χ3v) is 2.73. The molecule has 1 nitrogen and oxygen atoms in total. The van der Waals surface area contributed by atoms with Gasteiger partial charge in [-0.05, 0) is 11.0 Å². The summed E-state index contributed by atoms with van der Waals surface area (Å²) in [5, 5.41) is 0. The molecule has 0 amide bonds. The Morgan fingerprint density at radius 1 is 1.00 bits per heavy atom. The van der Waals surface area contributed by atoms with Crippen molar-refractivity contribution in [2.45, 2.75) is 39.2 Å². The Bertz CT molecular complexity index is 312. The van der Waals surface area contributed by atoms with E-state index in [0.29, 0.717) is 5.57 Å². The maximum absolute atomic E-state index is 12.8. The molecular formula is C11H13F3O. The van der Waals surface area contributed by atoms with Crippen molar-refractivity contribution in [1.82, 2.24) is 0 Å². The molecule has 0 aliphatic carbocycles. The first kappa shape index (κ1) is 10.7. The van der Waals surface area contributed by atoms with Gasteiger partial charge in [-0.1, -0.05) is 32.9 Å². The second-order valence-corrected chi connectivity index (χ2v) is 4.94. The van der Waals surface area contributed by atoms with E-state index in [9.17, 15) is 13.2 Å². The Labute approximate surface area is 86.6 Å². The zero-order valence-corrected chi connectivity index (χ0v) is 8.85. The van der Waals surface area contributed by atoms with Gasteiger partial charge in [-0.2, -0.15) is 13.2 Å². The fourth-order valence-electron chi connectivity index (χ4n) is 2.23. The molecule has 0 spiro atoms. The first-order chi connectivity index (χ1) is 6.71. The quantitative estimate of drug-likeness (QED) is 0.567. The molecule has 2 bridgehead atoms. The van der Waals surface area contributed by atoms with Gasteiger partial charge >= 0.3 is 6.18 Å². The Hall–Kier alpha value is -0.770. The lowest BCUT2D eigenvalue weighted by Crippen LogP contribution is -2.26. The smallest absolute Gasteiger partial charge is 0.358 e. The largest absolute Gasteiger partial charge is 0.415 e. The highest BCUT2D eigenvalue weighted by Gasteiger charge is 2.51. The van der Waals surface area contributed by atoms with Gasteiger partial charge in [0.25, 0.3) is 0 Å². The number of hydrogen-bond donors (Lipinski definition) is 0. The molecule has 0 fully saturated rings. The summed E-state index contributed by atoms with van der Waals surface area (Å²) in [6.45, 7) is 5.35. The third kappa shape index (κ3) is 1.61. The Morgan fingerprint density at radius 2 is 1.47 bits per heavy atom. The minimum Gasteiger partial charge on any atom is -0.358 e. The summed E-state index contributed by atoms with van der Waals surface area (Å²) in [7, 11) is 0. The second kappa shape index (κ2) is 2.88. The van der Waals surface area contributed by atoms with Gasteiger partial charge in [0.2, 0.25) is 0 Å². The molecule has 0 saturated carbocycles. The lowest BCUT2D eigenvalue weighted by Gasteiger charge is -2.27. The summed E-state index contributed by atoms with van der Waals surface area (Å²) in [6, 6.07) is 0. The van der Waals surface area contributed by atoms with Crippen molar-refractivity contribution in [3.8, 4) is 0 Å². The van der Waals surface area contributed by atoms with E-state index in [1.165, 1.54) is 6.08 Å². The fraction of sp³-hybridized carbons (Fsp3) is 0.636. The average molecular weight is 218 g/mol. The Balaban J connectivity index is 2.50. The first-order valence-corrected chi connectivity index (χ1v) is 4.87. The van der Waals surface area contributed by atoms with Crippen LogP contribution in [-0.4, -0.2) is 18.4 Å². The zero-order valence-electron chi connectivity index (χ0n) is 8.85. The Morgan fingerprint density at radius 3 is 1.80 bits per heavy atom. The van der Waals surface area contributed by atoms with Crippen LogP contribution in [0.15, 0.2) is 23.3 Å². The zero-order chi connectivity index (χ0) is 11.4. The van der Waals surface area contributed by atoms with E-state index in [1.807, 2.05) is 0 Å². The van der Waals surface area contributed by atoms with Crippen LogP contribution in [0.4, 0.5) is 13.2 Å². The Kier molecular flexibility index (Phi) is 2.06. The minimum atomic E-state index is -4.28. The summed E-state index contributed by atoms with van der Waals surface area (Å²) in [6.07, 6.45) is -2.45. The van der Waals surface area contributed by atoms with Crippen molar-refractivity contribution in [2.24, 2.45) is 5.41 Å². The maximum atomic E-state index is 12.8. The fourth-order valence-corrected chi connectivity index (χ4v) is 2.23. The maximum Gasteiger partial charge on any atom is 0.415 e. The van der Waals surface area contributed by atoms with E-state index in [1.54, 1.807) is 26.8 Å². The van der Waals surface area contributed by atoms with E-state index < -0.39 is 29.4 Å². The third-order valence-electron chi connectivity index (χ3n) is 2.73. The van der Waals surface area contributed by atoms with Gasteiger partial charge in [-0.25, -0.2) is 0 Å². The molecule has 0 radical (unpaired) electrons. The van der Waals surface area contributed by atoms with Gasteiger partial charge in [0.05, 0.1) is 11.7 Å². The summed E-state index contributed by atoms with van der Waals surface area (Å²) in [5.74, 6) is 0. The van der Waals surface area contributed by atoms with Gasteiger partial charge in [0.1, 0.15) is 6.10 Å². The first-order valence-electron chi connectivity index (χ1n) is 4.87. The normalized spacial score (nSPS) is 30.5. The highest BCUT2D eigenvalue weighted by atomic mass is 19.4. The van der Waals surface area contributed by atoms with Crippen molar-refractivity contribution < 1.29 is 17.9 Å². The second-order valence-electron chi connectivity index (χ2n) is 4.94. The van der Waals surface area contributed by atoms with E-state index >= 15 is 0 Å². The standard InChI is InChI=1S/C11H13F3O/c1-10(2,3)8-6-4-5-7(15-6)9(8)11(12,13)14/h4-7H,1-3H3. The van der Waals surface area contributed by atoms with Crippen LogP contribution in [0.5, 0.6) is 0 Å². The highest BCUT2D eigenvalue weighted by Crippen LogP contribution is 2.49. The van der Waals surface area contributed by atoms with Crippen LogP contribution in [0.1, 0.15) is 20.8 Å². The van der Waals surface area contributed by atoms with Crippen LogP contribution >= 0.6 is 0 Å². The number of ether oxygens (including phenoxy) is 1. The summed E-state index contributed by atoms with van der Waals surface area (Å²) in [5.41, 5.74) is -0.625. The van der Waals surface area contributed by atoms with Crippen LogP contribution in [0, 0.1) is 5.41 Å². The lowest BCUT2D eigenvalue weighted by atomic mass is 9.78. The van der Waals surface area contributed by atoms with Crippen molar-refractivity contribution in [3.63, 3.8) is 0 Å². The lowest BCUT2D eigenvalue weighted by molar-refractivity contribution is -0.101. The van der Waals surface area contributed by atoms with Gasteiger partial charge in [0.15, 0.2) is 0 Å². The highest BCUT2D eigenvalue weighted by molar-refractivity contribution is 5.44. The molecule has 2 atom stereocenters. The summed E-state index contributed by atoms with van der Waals surface area (Å²) < 4.78 is 43.7. The molecule has 84 valence electrons. The summed E-state index contributed by atoms with van der Waals surface area (Å²) in [4.78, 5) is 0. The molecule has 2 unspecified atom stereocenters. The summed E-state index contributed by atoms with van der Waals surface area (Å²) >= 11 is 0. The van der Waals surface area contributed by atoms with E-state index in [2.05, 4.69) is 0 Å². The van der Waals surface area contributed by atoms with Crippen molar-refractivity contribution >= 4 is 0 Å². The number of hydrogen-bond acceptors (Lipinski definition) is 1. The molecule has 0 aromatic rings. The molecule has 2 rings (SSSR count). The molecule has 0 aromatic carbocycles. The van der Waals surface area contributed by atoms with Gasteiger partial charge in [-0.3, -0.25) is 0 Å². The molecule has 15 heavy (non-hydrogen) atoms. The van der Waals surface area contributed by atoms with E-state index in [4.69, 9.17) is 4.74 Å². The van der Waals surface area contributed by atoms with Crippen molar-refractivity contribution in [2.75, 3.05) is 0 Å². The van der Waals surface area contributed by atoms with Crippen molar-refractivity contribution in [3.05, 3.63) is 23.3 Å². The predicted molar refractivity (Wildman–Crippen MR) is 50.3 cm³/mol. The van der Waals surface area contributed by atoms with Gasteiger partial charge in [-0.15, -0.1) is 0 Å². The van der Waals surface area contributed by atoms with Crippen molar-refractivity contribution in [1.29, 1.82) is 0 Å². The van der Waals surface area contributed by atoms with Gasteiger partial charge < -0.3 is 4.74 Å². The SMILES string of the molecule is CC(C)(C)C1=C(C(F)(F)F)C2C=CC1O2. The van der Waals surface area contributed by atoms with Crippen LogP contribution in [-0.2, 0) is 4.74 Å². The molecule has 2 aliphatic rings. The van der Waals surface area contributed by atoms with E-state index in [0.717, 1.165) is 0 Å². The number of fused-ring (bicyclic) bond motifs is 2. The predicted octanol–water partition coefficient (Wildman–Crippen LogP) is 3.23. The monoisotopic (exact) mass is 218 g/mol. The molecule has 2 heterocycles. The molecule has 0 aromatic heterocycles. The van der Waals surface area contributed by atoms with Crippen LogP contribution < -0.4 is 0 Å². The number of alkyl halides is 3. The average Bonchev–Trinajstić information content (AvgIpc) is 2.56. The minimum absolute atomic E-state index is 0.377. The number of rotatable bonds is 0. The molecule has 2 aliphatic heterocycles. The van der Waals surface area contributed by atoms with E-state index in [-0.39, 0.29) is 0 Å². The van der Waals surface area contributed by atoms with Crippen LogP contribution in [0.3, 0.4) is 0 Å².